The first-order chi connectivity index (χ1) is 13.8. The summed E-state index contributed by atoms with van der Waals surface area (Å²) >= 11 is 13.4. The number of benzene rings is 2. The number of anilines is 1. The predicted octanol–water partition coefficient (Wildman–Crippen LogP) is 3.88. The molecule has 11 heteroatoms. The first kappa shape index (κ1) is 20.5. The second kappa shape index (κ2) is 8.17. The highest BCUT2D eigenvalue weighted by Gasteiger charge is 2.29. The van der Waals surface area contributed by atoms with Gasteiger partial charge in [0.15, 0.2) is 5.13 Å². The summed E-state index contributed by atoms with van der Waals surface area (Å²) in [5, 5.41) is 3.72. The number of hydrogen-bond acceptors (Lipinski definition) is 6. The molecule has 2 heterocycles. The van der Waals surface area contributed by atoms with Gasteiger partial charge in [-0.05, 0) is 36.4 Å². The Labute approximate surface area is 181 Å². The number of rotatable bonds is 4. The molecule has 1 amide bonds. The minimum atomic E-state index is -3.83. The average molecular weight is 472 g/mol. The average Bonchev–Trinajstić information content (AvgIpc) is 3.10. The summed E-state index contributed by atoms with van der Waals surface area (Å²) in [7, 11) is -3.83. The van der Waals surface area contributed by atoms with E-state index in [1.54, 1.807) is 18.2 Å². The Bertz CT molecular complexity index is 1190. The van der Waals surface area contributed by atoms with Crippen LogP contribution in [0.3, 0.4) is 0 Å². The molecule has 1 aliphatic heterocycles. The van der Waals surface area contributed by atoms with Gasteiger partial charge in [-0.25, -0.2) is 13.4 Å². The number of nitrogens with zero attached hydrogens (tertiary/aromatic N) is 2. The normalized spacial score (nSPS) is 15.5. The zero-order chi connectivity index (χ0) is 20.6. The van der Waals surface area contributed by atoms with Crippen LogP contribution < -0.4 is 5.32 Å². The summed E-state index contributed by atoms with van der Waals surface area (Å²) in [6.07, 6.45) is 0. The van der Waals surface area contributed by atoms with Gasteiger partial charge in [0.1, 0.15) is 4.90 Å². The number of morpholine rings is 1. The fourth-order valence-corrected chi connectivity index (χ4v) is 5.93. The van der Waals surface area contributed by atoms with Crippen molar-refractivity contribution in [1.29, 1.82) is 0 Å². The van der Waals surface area contributed by atoms with Gasteiger partial charge >= 0.3 is 0 Å². The largest absolute Gasteiger partial charge is 0.379 e. The van der Waals surface area contributed by atoms with E-state index in [0.717, 1.165) is 4.70 Å². The zero-order valence-corrected chi connectivity index (χ0v) is 18.0. The maximum Gasteiger partial charge on any atom is 0.257 e. The SMILES string of the molecule is O=C(Nc1nc2ccc(Cl)cc2s1)c1ccc(Cl)c(S(=O)(=O)N2CCOCC2)c1. The molecule has 0 saturated carbocycles. The lowest BCUT2D eigenvalue weighted by Crippen LogP contribution is -2.40. The van der Waals surface area contributed by atoms with Crippen molar-refractivity contribution < 1.29 is 17.9 Å². The molecule has 0 aliphatic carbocycles. The number of hydrogen-bond donors (Lipinski definition) is 1. The van der Waals surface area contributed by atoms with E-state index in [9.17, 15) is 13.2 Å². The third-order valence-electron chi connectivity index (χ3n) is 4.35. The maximum absolute atomic E-state index is 12.9. The van der Waals surface area contributed by atoms with Crippen molar-refractivity contribution in [3.05, 3.63) is 52.0 Å². The summed E-state index contributed by atoms with van der Waals surface area (Å²) in [4.78, 5) is 16.9. The molecule has 4 rings (SSSR count). The van der Waals surface area contributed by atoms with E-state index in [4.69, 9.17) is 27.9 Å². The monoisotopic (exact) mass is 471 g/mol. The van der Waals surface area contributed by atoms with Crippen molar-refractivity contribution in [1.82, 2.24) is 9.29 Å². The molecular weight excluding hydrogens is 457 g/mol. The number of carbonyl (C=O) groups excluding carboxylic acids is 1. The van der Waals surface area contributed by atoms with E-state index >= 15 is 0 Å². The van der Waals surface area contributed by atoms with Crippen LogP contribution in [0.5, 0.6) is 0 Å². The number of fused-ring (bicyclic) bond motifs is 1. The van der Waals surface area contributed by atoms with Crippen LogP contribution in [0.4, 0.5) is 5.13 Å². The number of amides is 1. The minimum absolute atomic E-state index is 0.0580. The Morgan fingerprint density at radius 3 is 2.66 bits per heavy atom. The zero-order valence-electron chi connectivity index (χ0n) is 14.9. The molecular formula is C18H15Cl2N3O4S2. The quantitative estimate of drug-likeness (QED) is 0.623. The van der Waals surface area contributed by atoms with Crippen molar-refractivity contribution in [2.75, 3.05) is 31.6 Å². The molecule has 0 atom stereocenters. The predicted molar refractivity (Wildman–Crippen MR) is 114 cm³/mol. The standard InChI is InChI=1S/C18H15Cl2N3O4S2/c19-12-2-4-14-15(10-12)28-18(21-14)22-17(24)11-1-3-13(20)16(9-11)29(25,26)23-5-7-27-8-6-23/h1-4,9-10H,5-8H2,(H,21,22,24). The molecule has 1 aromatic heterocycles. The van der Waals surface area contributed by atoms with Gasteiger partial charge in [-0.2, -0.15) is 4.31 Å². The molecule has 2 aromatic carbocycles. The lowest BCUT2D eigenvalue weighted by atomic mass is 10.2. The van der Waals surface area contributed by atoms with E-state index in [-0.39, 0.29) is 28.6 Å². The van der Waals surface area contributed by atoms with Gasteiger partial charge in [-0.3, -0.25) is 10.1 Å². The van der Waals surface area contributed by atoms with Crippen LogP contribution in [0.15, 0.2) is 41.3 Å². The van der Waals surface area contributed by atoms with Gasteiger partial charge in [0.2, 0.25) is 10.0 Å². The van der Waals surface area contributed by atoms with Gasteiger partial charge < -0.3 is 4.74 Å². The highest BCUT2D eigenvalue weighted by atomic mass is 35.5. The molecule has 7 nitrogen and oxygen atoms in total. The number of halogens is 2. The van der Waals surface area contributed by atoms with Crippen LogP contribution >= 0.6 is 34.5 Å². The van der Waals surface area contributed by atoms with Gasteiger partial charge in [0.25, 0.3) is 5.91 Å². The van der Waals surface area contributed by atoms with Crippen LogP contribution in [0.1, 0.15) is 10.4 Å². The number of aromatic nitrogens is 1. The molecule has 152 valence electrons. The first-order valence-electron chi connectivity index (χ1n) is 8.59. The number of sulfonamides is 1. The van der Waals surface area contributed by atoms with E-state index in [1.807, 2.05) is 0 Å². The van der Waals surface area contributed by atoms with Crippen LogP contribution in [-0.2, 0) is 14.8 Å². The fraction of sp³-hybridized carbons (Fsp3) is 0.222. The Hall–Kier alpha value is -1.75. The topological polar surface area (TPSA) is 88.6 Å². The molecule has 0 spiro atoms. The Balaban J connectivity index is 1.61. The Morgan fingerprint density at radius 2 is 1.90 bits per heavy atom. The second-order valence-electron chi connectivity index (χ2n) is 6.25. The van der Waals surface area contributed by atoms with Crippen molar-refractivity contribution in [3.63, 3.8) is 0 Å². The molecule has 3 aromatic rings. The molecule has 1 N–H and O–H groups in total. The molecule has 1 fully saturated rings. The molecule has 1 aliphatic rings. The van der Waals surface area contributed by atoms with Crippen molar-refractivity contribution in [2.24, 2.45) is 0 Å². The van der Waals surface area contributed by atoms with Gasteiger partial charge in [0.05, 0.1) is 28.5 Å². The summed E-state index contributed by atoms with van der Waals surface area (Å²) < 4.78 is 33.2. The Morgan fingerprint density at radius 1 is 1.14 bits per heavy atom. The van der Waals surface area contributed by atoms with Crippen LogP contribution in [0, 0.1) is 0 Å². The van der Waals surface area contributed by atoms with E-state index in [1.165, 1.54) is 33.8 Å². The third-order valence-corrected chi connectivity index (χ3v) is 7.90. The number of ether oxygens (including phenoxy) is 1. The van der Waals surface area contributed by atoms with Crippen LogP contribution in [0.25, 0.3) is 10.2 Å². The van der Waals surface area contributed by atoms with E-state index in [0.29, 0.717) is 28.9 Å². The molecule has 0 unspecified atom stereocenters. The molecule has 29 heavy (non-hydrogen) atoms. The summed E-state index contributed by atoms with van der Waals surface area (Å²) in [5.74, 6) is -0.481. The lowest BCUT2D eigenvalue weighted by molar-refractivity contribution is 0.0730. The van der Waals surface area contributed by atoms with Gasteiger partial charge in [-0.15, -0.1) is 0 Å². The highest BCUT2D eigenvalue weighted by Crippen LogP contribution is 2.30. The molecule has 0 radical (unpaired) electrons. The van der Waals surface area contributed by atoms with Crippen LogP contribution in [0.2, 0.25) is 10.0 Å². The second-order valence-corrected chi connectivity index (χ2v) is 10.0. The fourth-order valence-electron chi connectivity index (χ4n) is 2.89. The maximum atomic E-state index is 12.9. The third kappa shape index (κ3) is 4.25. The number of nitrogens with one attached hydrogen (secondary N) is 1. The summed E-state index contributed by atoms with van der Waals surface area (Å²) in [5.41, 5.74) is 0.875. The van der Waals surface area contributed by atoms with Gasteiger partial charge in [-0.1, -0.05) is 34.5 Å². The minimum Gasteiger partial charge on any atom is -0.379 e. The van der Waals surface area contributed by atoms with Gasteiger partial charge in [0, 0.05) is 23.7 Å². The highest BCUT2D eigenvalue weighted by molar-refractivity contribution is 7.89. The van der Waals surface area contributed by atoms with E-state index in [2.05, 4.69) is 10.3 Å². The number of thiazole rings is 1. The molecule has 0 bridgehead atoms. The Kier molecular flexibility index (Phi) is 5.78. The lowest BCUT2D eigenvalue weighted by Gasteiger charge is -2.26. The first-order valence-corrected chi connectivity index (χ1v) is 11.6. The van der Waals surface area contributed by atoms with Crippen LogP contribution in [-0.4, -0.2) is 49.9 Å². The smallest absolute Gasteiger partial charge is 0.257 e. The van der Waals surface area contributed by atoms with Crippen molar-refractivity contribution >= 4 is 65.8 Å². The van der Waals surface area contributed by atoms with Crippen molar-refractivity contribution in [3.8, 4) is 0 Å². The van der Waals surface area contributed by atoms with E-state index < -0.39 is 15.9 Å². The molecule has 1 saturated heterocycles. The summed E-state index contributed by atoms with van der Waals surface area (Å²) in [6, 6.07) is 9.41. The number of carbonyl (C=O) groups is 1. The van der Waals surface area contributed by atoms with Crippen molar-refractivity contribution in [2.45, 2.75) is 4.90 Å². The summed E-state index contributed by atoms with van der Waals surface area (Å²) in [6.45, 7) is 1.12.